The summed E-state index contributed by atoms with van der Waals surface area (Å²) >= 11 is 1.28. The molecule has 0 bridgehead atoms. The Morgan fingerprint density at radius 2 is 2.00 bits per heavy atom. The summed E-state index contributed by atoms with van der Waals surface area (Å²) in [6.45, 7) is 5.48. The van der Waals surface area contributed by atoms with Crippen LogP contribution in [0.4, 0.5) is 5.13 Å². The summed E-state index contributed by atoms with van der Waals surface area (Å²) in [6, 6.07) is 9.06. The molecule has 0 atom stereocenters. The largest absolute Gasteiger partial charge is 0.422 e. The van der Waals surface area contributed by atoms with Crippen molar-refractivity contribution in [1.29, 1.82) is 0 Å². The number of benzene rings is 1. The third-order valence-corrected chi connectivity index (χ3v) is 4.08. The number of carbonyl (C=O) groups is 1. The van der Waals surface area contributed by atoms with Crippen molar-refractivity contribution in [1.82, 2.24) is 4.98 Å². The molecule has 0 radical (unpaired) electrons. The molecule has 0 aliphatic rings. The average molecular weight is 328 g/mol. The lowest BCUT2D eigenvalue weighted by molar-refractivity contribution is -0.123. The molecule has 3 rings (SSSR count). The van der Waals surface area contributed by atoms with Gasteiger partial charge in [-0.3, -0.25) is 4.79 Å². The molecule has 0 spiro atoms. The first kappa shape index (κ1) is 15.4. The lowest BCUT2D eigenvalue weighted by atomic mass is 9.96. The molecular weight excluding hydrogens is 312 g/mol. The van der Waals surface area contributed by atoms with Crippen LogP contribution in [0.3, 0.4) is 0 Å². The monoisotopic (exact) mass is 328 g/mol. The van der Waals surface area contributed by atoms with Crippen LogP contribution in [0.15, 0.2) is 44.9 Å². The summed E-state index contributed by atoms with van der Waals surface area (Å²) in [5, 5.41) is 5.79. The highest BCUT2D eigenvalue weighted by Crippen LogP contribution is 2.26. The van der Waals surface area contributed by atoms with E-state index in [-0.39, 0.29) is 5.91 Å². The van der Waals surface area contributed by atoms with Gasteiger partial charge in [-0.1, -0.05) is 39.0 Å². The number of nitrogens with zero attached hydrogens (tertiary/aromatic N) is 1. The summed E-state index contributed by atoms with van der Waals surface area (Å²) in [6.07, 6.45) is 0. The van der Waals surface area contributed by atoms with E-state index in [9.17, 15) is 9.59 Å². The molecule has 0 aliphatic carbocycles. The van der Waals surface area contributed by atoms with Gasteiger partial charge in [-0.2, -0.15) is 0 Å². The highest BCUT2D eigenvalue weighted by molar-refractivity contribution is 7.14. The Morgan fingerprint density at radius 1 is 1.26 bits per heavy atom. The van der Waals surface area contributed by atoms with Crippen LogP contribution in [0, 0.1) is 5.41 Å². The van der Waals surface area contributed by atoms with E-state index in [1.807, 2.05) is 39.0 Å². The van der Waals surface area contributed by atoms with E-state index in [1.165, 1.54) is 11.3 Å². The first-order chi connectivity index (χ1) is 10.8. The third kappa shape index (κ3) is 3.17. The first-order valence-electron chi connectivity index (χ1n) is 7.15. The van der Waals surface area contributed by atoms with Gasteiger partial charge in [0.2, 0.25) is 5.91 Å². The molecule has 118 valence electrons. The van der Waals surface area contributed by atoms with Gasteiger partial charge < -0.3 is 9.73 Å². The molecule has 0 saturated heterocycles. The maximum atomic E-state index is 12.1. The summed E-state index contributed by atoms with van der Waals surface area (Å²) in [7, 11) is 0. The number of carbonyl (C=O) groups excluding carboxylic acids is 1. The number of fused-ring (bicyclic) bond motifs is 1. The van der Waals surface area contributed by atoms with Crippen molar-refractivity contribution in [3.63, 3.8) is 0 Å². The predicted octanol–water partition coefficient (Wildman–Crippen LogP) is 3.90. The number of rotatable bonds is 2. The van der Waals surface area contributed by atoms with Gasteiger partial charge >= 0.3 is 5.63 Å². The van der Waals surface area contributed by atoms with E-state index < -0.39 is 11.0 Å². The van der Waals surface area contributed by atoms with Crippen LogP contribution in [-0.4, -0.2) is 10.9 Å². The molecule has 0 fully saturated rings. The van der Waals surface area contributed by atoms with Crippen molar-refractivity contribution < 1.29 is 9.21 Å². The highest BCUT2D eigenvalue weighted by atomic mass is 32.1. The summed E-state index contributed by atoms with van der Waals surface area (Å²) < 4.78 is 5.31. The SMILES string of the molecule is CC(C)(C)C(=O)Nc1nc(-c2cc3ccccc3oc2=O)cs1. The smallest absolute Gasteiger partial charge is 0.345 e. The first-order valence-corrected chi connectivity index (χ1v) is 8.03. The zero-order chi connectivity index (χ0) is 16.6. The molecule has 0 aliphatic heterocycles. The third-order valence-electron chi connectivity index (χ3n) is 3.32. The van der Waals surface area contributed by atoms with Crippen LogP contribution in [0.1, 0.15) is 20.8 Å². The minimum atomic E-state index is -0.506. The second-order valence-electron chi connectivity index (χ2n) is 6.23. The zero-order valence-electron chi connectivity index (χ0n) is 13.0. The van der Waals surface area contributed by atoms with Crippen molar-refractivity contribution in [2.45, 2.75) is 20.8 Å². The Bertz CT molecular complexity index is 935. The van der Waals surface area contributed by atoms with Crippen molar-refractivity contribution in [2.75, 3.05) is 5.32 Å². The van der Waals surface area contributed by atoms with E-state index in [4.69, 9.17) is 4.42 Å². The average Bonchev–Trinajstić information content (AvgIpc) is 2.93. The van der Waals surface area contributed by atoms with Gasteiger partial charge in [0.25, 0.3) is 0 Å². The number of aromatic nitrogens is 1. The second-order valence-corrected chi connectivity index (χ2v) is 7.09. The fraction of sp³-hybridized carbons (Fsp3) is 0.235. The quantitative estimate of drug-likeness (QED) is 0.724. The van der Waals surface area contributed by atoms with Gasteiger partial charge in [-0.25, -0.2) is 9.78 Å². The lowest BCUT2D eigenvalue weighted by Gasteiger charge is -2.15. The lowest BCUT2D eigenvalue weighted by Crippen LogP contribution is -2.27. The van der Waals surface area contributed by atoms with Crippen LogP contribution < -0.4 is 10.9 Å². The molecule has 1 aromatic carbocycles. The molecule has 1 N–H and O–H groups in total. The Morgan fingerprint density at radius 3 is 2.74 bits per heavy atom. The fourth-order valence-electron chi connectivity index (χ4n) is 1.98. The van der Waals surface area contributed by atoms with Crippen molar-refractivity contribution in [3.8, 4) is 11.3 Å². The summed E-state index contributed by atoms with van der Waals surface area (Å²) in [5.41, 5.74) is 0.476. The molecular formula is C17H16N2O3S. The molecule has 0 saturated carbocycles. The second kappa shape index (κ2) is 5.62. The minimum Gasteiger partial charge on any atom is -0.422 e. The maximum Gasteiger partial charge on any atom is 0.345 e. The van der Waals surface area contributed by atoms with Gasteiger partial charge in [-0.05, 0) is 12.1 Å². The zero-order valence-corrected chi connectivity index (χ0v) is 13.9. The van der Waals surface area contributed by atoms with Crippen LogP contribution >= 0.6 is 11.3 Å². The Kier molecular flexibility index (Phi) is 3.77. The van der Waals surface area contributed by atoms with Crippen LogP contribution in [0.25, 0.3) is 22.2 Å². The van der Waals surface area contributed by atoms with Gasteiger partial charge in [0.15, 0.2) is 5.13 Å². The number of thiazole rings is 1. The molecule has 23 heavy (non-hydrogen) atoms. The summed E-state index contributed by atoms with van der Waals surface area (Å²) in [5.74, 6) is -0.121. The minimum absolute atomic E-state index is 0.121. The van der Waals surface area contributed by atoms with Gasteiger partial charge in [-0.15, -0.1) is 11.3 Å². The van der Waals surface area contributed by atoms with Crippen molar-refractivity contribution in [2.24, 2.45) is 5.41 Å². The van der Waals surface area contributed by atoms with E-state index in [1.54, 1.807) is 17.5 Å². The molecule has 5 nitrogen and oxygen atoms in total. The topological polar surface area (TPSA) is 72.2 Å². The van der Waals surface area contributed by atoms with E-state index in [0.717, 1.165) is 5.39 Å². The van der Waals surface area contributed by atoms with Crippen LogP contribution in [0.5, 0.6) is 0 Å². The number of para-hydroxylation sites is 1. The number of amides is 1. The molecule has 6 heteroatoms. The van der Waals surface area contributed by atoms with Crippen molar-refractivity contribution >= 4 is 33.3 Å². The van der Waals surface area contributed by atoms with Gasteiger partial charge in [0, 0.05) is 16.2 Å². The predicted molar refractivity (Wildman–Crippen MR) is 91.7 cm³/mol. The maximum absolute atomic E-state index is 12.1. The number of hydrogen-bond acceptors (Lipinski definition) is 5. The fourth-order valence-corrected chi connectivity index (χ4v) is 2.69. The number of hydrogen-bond donors (Lipinski definition) is 1. The van der Waals surface area contributed by atoms with Gasteiger partial charge in [0.1, 0.15) is 5.58 Å². The standard InChI is InChI=1S/C17H16N2O3S/c1-17(2,3)15(21)19-16-18-12(9-23-16)11-8-10-6-4-5-7-13(10)22-14(11)20/h4-9H,1-3H3,(H,18,19,21). The van der Waals surface area contributed by atoms with Crippen LogP contribution in [0.2, 0.25) is 0 Å². The van der Waals surface area contributed by atoms with Crippen LogP contribution in [-0.2, 0) is 4.79 Å². The van der Waals surface area contributed by atoms with E-state index in [0.29, 0.717) is 22.0 Å². The number of nitrogens with one attached hydrogen (secondary N) is 1. The van der Waals surface area contributed by atoms with E-state index >= 15 is 0 Å². The Labute approximate surface area is 137 Å². The Balaban J connectivity index is 1.96. The van der Waals surface area contributed by atoms with Gasteiger partial charge in [0.05, 0.1) is 11.3 Å². The molecule has 2 aromatic heterocycles. The summed E-state index contributed by atoms with van der Waals surface area (Å²) in [4.78, 5) is 28.5. The normalized spacial score (nSPS) is 11.6. The van der Waals surface area contributed by atoms with Crippen molar-refractivity contribution in [3.05, 3.63) is 46.1 Å². The van der Waals surface area contributed by atoms with E-state index in [2.05, 4.69) is 10.3 Å². The highest BCUT2D eigenvalue weighted by Gasteiger charge is 2.22. The molecule has 1 amide bonds. The molecule has 3 aromatic rings. The number of anilines is 1. The Hall–Kier alpha value is -2.47. The molecule has 0 unspecified atom stereocenters. The molecule has 2 heterocycles.